The average molecular weight is 195 g/mol. The molecule has 3 heteroatoms. The standard InChI is InChI=1S/C9H11O.ClH.Mg/c1-3-8-4-6-9(10-2)7-5-8;;/h4-7H,1,3H2,2H3;1H;/q-1;;+2/p-1. The average Bonchev–Trinajstić information content (AvgIpc) is 2.05. The molecule has 0 fully saturated rings. The van der Waals surface area contributed by atoms with Crippen LogP contribution in [0.15, 0.2) is 24.3 Å². The predicted octanol–water partition coefficient (Wildman–Crippen LogP) is -1.31. The van der Waals surface area contributed by atoms with E-state index in [0.717, 1.165) is 12.2 Å². The molecule has 0 bridgehead atoms. The van der Waals surface area contributed by atoms with Crippen molar-refractivity contribution in [3.8, 4) is 5.75 Å². The Bertz CT molecular complexity index is 175. The van der Waals surface area contributed by atoms with Crippen molar-refractivity contribution in [2.75, 3.05) is 7.11 Å². The number of ether oxygens (including phenoxy) is 1. The van der Waals surface area contributed by atoms with Gasteiger partial charge in [0.15, 0.2) is 0 Å². The molecule has 0 aliphatic heterocycles. The summed E-state index contributed by atoms with van der Waals surface area (Å²) in [4.78, 5) is 0. The van der Waals surface area contributed by atoms with Gasteiger partial charge >= 0.3 is 23.1 Å². The largest absolute Gasteiger partial charge is 2.00 e. The molecular formula is C9H11ClMgO. The third-order valence-corrected chi connectivity index (χ3v) is 1.45. The third-order valence-electron chi connectivity index (χ3n) is 1.45. The van der Waals surface area contributed by atoms with Gasteiger partial charge in [-0.2, -0.15) is 6.42 Å². The molecule has 0 radical (unpaired) electrons. The topological polar surface area (TPSA) is 9.23 Å². The maximum Gasteiger partial charge on any atom is 2.00 e. The molecule has 0 atom stereocenters. The van der Waals surface area contributed by atoms with Crippen molar-refractivity contribution in [1.29, 1.82) is 0 Å². The fourth-order valence-corrected chi connectivity index (χ4v) is 0.792. The fourth-order valence-electron chi connectivity index (χ4n) is 0.792. The predicted molar refractivity (Wildman–Crippen MR) is 47.8 cm³/mol. The summed E-state index contributed by atoms with van der Waals surface area (Å²) in [7, 11) is 1.67. The number of halogens is 1. The van der Waals surface area contributed by atoms with E-state index in [2.05, 4.69) is 6.92 Å². The molecule has 0 aromatic heterocycles. The van der Waals surface area contributed by atoms with Crippen LogP contribution in [0, 0.1) is 6.92 Å². The summed E-state index contributed by atoms with van der Waals surface area (Å²) in [5.41, 5.74) is 1.24. The van der Waals surface area contributed by atoms with Gasteiger partial charge in [-0.3, -0.25) is 0 Å². The quantitative estimate of drug-likeness (QED) is 0.420. The molecule has 0 unspecified atom stereocenters. The van der Waals surface area contributed by atoms with Crippen molar-refractivity contribution in [2.24, 2.45) is 0 Å². The summed E-state index contributed by atoms with van der Waals surface area (Å²) in [6, 6.07) is 7.93. The molecule has 1 aromatic carbocycles. The van der Waals surface area contributed by atoms with Crippen LogP contribution in [-0.2, 0) is 6.42 Å². The number of hydrogen-bond acceptors (Lipinski definition) is 1. The molecule has 0 heterocycles. The number of hydrogen-bond donors (Lipinski definition) is 0. The molecule has 0 saturated heterocycles. The van der Waals surface area contributed by atoms with Gasteiger partial charge in [-0.15, -0.1) is 0 Å². The zero-order valence-corrected chi connectivity index (χ0v) is 9.39. The Kier molecular flexibility index (Phi) is 9.38. The molecule has 62 valence electrons. The van der Waals surface area contributed by atoms with Crippen molar-refractivity contribution >= 4 is 23.1 Å². The van der Waals surface area contributed by atoms with E-state index in [1.165, 1.54) is 5.56 Å². The van der Waals surface area contributed by atoms with Crippen LogP contribution in [-0.4, -0.2) is 30.2 Å². The minimum Gasteiger partial charge on any atom is -1.00 e. The zero-order valence-electron chi connectivity index (χ0n) is 7.22. The molecule has 0 aliphatic rings. The molecule has 1 aromatic rings. The van der Waals surface area contributed by atoms with Crippen LogP contribution in [0.2, 0.25) is 0 Å². The molecular weight excluding hydrogens is 184 g/mol. The van der Waals surface area contributed by atoms with Crippen molar-refractivity contribution in [3.05, 3.63) is 36.8 Å². The Hall–Kier alpha value is 0.0762. The maximum absolute atomic E-state index is 4.99. The van der Waals surface area contributed by atoms with Gasteiger partial charge < -0.3 is 24.1 Å². The van der Waals surface area contributed by atoms with E-state index >= 15 is 0 Å². The molecule has 0 spiro atoms. The van der Waals surface area contributed by atoms with Crippen molar-refractivity contribution < 1.29 is 17.1 Å². The smallest absolute Gasteiger partial charge is 1.00 e. The van der Waals surface area contributed by atoms with Gasteiger partial charge in [0.25, 0.3) is 0 Å². The first-order valence-electron chi connectivity index (χ1n) is 3.29. The van der Waals surface area contributed by atoms with E-state index in [-0.39, 0.29) is 35.5 Å². The Balaban J connectivity index is 0. The SMILES string of the molecule is [CH2-]Cc1ccc(OC)cc1.[Cl-].[Mg+2]. The summed E-state index contributed by atoms with van der Waals surface area (Å²) in [5.74, 6) is 0.900. The fraction of sp³-hybridized carbons (Fsp3) is 0.222. The Morgan fingerprint density at radius 3 is 2.08 bits per heavy atom. The maximum atomic E-state index is 4.99. The third kappa shape index (κ3) is 4.19. The van der Waals surface area contributed by atoms with Crippen LogP contribution in [0.3, 0.4) is 0 Å². The molecule has 1 nitrogen and oxygen atoms in total. The zero-order chi connectivity index (χ0) is 7.40. The van der Waals surface area contributed by atoms with Gasteiger partial charge in [0, 0.05) is 0 Å². The van der Waals surface area contributed by atoms with E-state index in [0.29, 0.717) is 0 Å². The van der Waals surface area contributed by atoms with E-state index < -0.39 is 0 Å². The molecule has 12 heavy (non-hydrogen) atoms. The summed E-state index contributed by atoms with van der Waals surface area (Å²) >= 11 is 0. The molecule has 0 saturated carbocycles. The van der Waals surface area contributed by atoms with Gasteiger partial charge in [-0.25, -0.2) is 0 Å². The molecule has 0 N–H and O–H groups in total. The normalized spacial score (nSPS) is 7.83. The first kappa shape index (κ1) is 14.6. The summed E-state index contributed by atoms with van der Waals surface area (Å²) in [6.45, 7) is 3.77. The van der Waals surface area contributed by atoms with Crippen LogP contribution in [0.1, 0.15) is 5.56 Å². The first-order valence-corrected chi connectivity index (χ1v) is 3.29. The van der Waals surface area contributed by atoms with Gasteiger partial charge in [-0.1, -0.05) is 17.7 Å². The summed E-state index contributed by atoms with van der Waals surface area (Å²) in [5, 5.41) is 0. The minimum absolute atomic E-state index is 0. The molecule has 0 amide bonds. The Morgan fingerprint density at radius 2 is 1.75 bits per heavy atom. The first-order chi connectivity index (χ1) is 4.86. The van der Waals surface area contributed by atoms with Crippen LogP contribution in [0.4, 0.5) is 0 Å². The van der Waals surface area contributed by atoms with Gasteiger partial charge in [0.1, 0.15) is 5.75 Å². The number of rotatable bonds is 2. The van der Waals surface area contributed by atoms with E-state index in [4.69, 9.17) is 4.74 Å². The van der Waals surface area contributed by atoms with Gasteiger partial charge in [-0.05, 0) is 12.1 Å². The molecule has 0 aliphatic carbocycles. The van der Waals surface area contributed by atoms with Crippen molar-refractivity contribution in [3.63, 3.8) is 0 Å². The van der Waals surface area contributed by atoms with Gasteiger partial charge in [0.05, 0.1) is 7.11 Å². The summed E-state index contributed by atoms with van der Waals surface area (Å²) < 4.78 is 4.99. The Labute approximate surface area is 96.1 Å². The summed E-state index contributed by atoms with van der Waals surface area (Å²) in [6.07, 6.45) is 0.837. The van der Waals surface area contributed by atoms with Crippen molar-refractivity contribution in [2.45, 2.75) is 6.42 Å². The second kappa shape index (κ2) is 7.71. The van der Waals surface area contributed by atoms with Crippen molar-refractivity contribution in [1.82, 2.24) is 0 Å². The second-order valence-electron chi connectivity index (χ2n) is 2.10. The number of methoxy groups -OCH3 is 1. The Morgan fingerprint density at radius 1 is 1.25 bits per heavy atom. The van der Waals surface area contributed by atoms with Crippen LogP contribution in [0.25, 0.3) is 0 Å². The van der Waals surface area contributed by atoms with Crippen LogP contribution in [0.5, 0.6) is 5.75 Å². The van der Waals surface area contributed by atoms with E-state index in [1.807, 2.05) is 24.3 Å². The van der Waals surface area contributed by atoms with Gasteiger partial charge in [0.2, 0.25) is 0 Å². The number of benzene rings is 1. The van der Waals surface area contributed by atoms with E-state index in [9.17, 15) is 0 Å². The van der Waals surface area contributed by atoms with E-state index in [1.54, 1.807) is 7.11 Å². The van der Waals surface area contributed by atoms with Crippen LogP contribution < -0.4 is 17.1 Å². The second-order valence-corrected chi connectivity index (χ2v) is 2.10. The monoisotopic (exact) mass is 194 g/mol. The minimum atomic E-state index is 0. The molecule has 1 rings (SSSR count). The van der Waals surface area contributed by atoms with Crippen LogP contribution >= 0.6 is 0 Å².